The molecule has 0 aliphatic heterocycles. The normalized spacial score (nSPS) is 10.1. The Morgan fingerprint density at radius 1 is 1.08 bits per heavy atom. The number of methoxy groups -OCH3 is 1. The number of ether oxygens (including phenoxy) is 3. The van der Waals surface area contributed by atoms with Gasteiger partial charge in [-0.3, -0.25) is 0 Å². The quantitative estimate of drug-likeness (QED) is 0.543. The van der Waals surface area contributed by atoms with Gasteiger partial charge in [-0.2, -0.15) is 0 Å². The number of halogens is 1. The maximum Gasteiger partial charge on any atom is 0.347 e. The zero-order valence-electron chi connectivity index (χ0n) is 13.4. The summed E-state index contributed by atoms with van der Waals surface area (Å²) in [7, 11) is 1.48. The predicted molar refractivity (Wildman–Crippen MR) is 92.7 cm³/mol. The predicted octanol–water partition coefficient (Wildman–Crippen LogP) is 4.24. The van der Waals surface area contributed by atoms with Crippen LogP contribution in [0.15, 0.2) is 46.9 Å². The molecule has 0 spiro atoms. The van der Waals surface area contributed by atoms with Crippen molar-refractivity contribution < 1.29 is 23.8 Å². The standard InChI is InChI=1S/C18H17BrO5/c1-3-9-23-17(20)12-5-4-6-14(10-12)24-18(21)15-11-13(19)7-8-16(15)22-2/h4-8,10-11H,3,9H2,1-2H3. The van der Waals surface area contributed by atoms with E-state index < -0.39 is 11.9 Å². The molecular weight excluding hydrogens is 376 g/mol. The van der Waals surface area contributed by atoms with Crippen molar-refractivity contribution in [2.45, 2.75) is 13.3 Å². The van der Waals surface area contributed by atoms with Gasteiger partial charge in [-0.25, -0.2) is 9.59 Å². The van der Waals surface area contributed by atoms with E-state index in [1.165, 1.54) is 13.2 Å². The van der Waals surface area contributed by atoms with Crippen molar-refractivity contribution in [1.29, 1.82) is 0 Å². The first-order chi connectivity index (χ1) is 11.5. The minimum absolute atomic E-state index is 0.257. The summed E-state index contributed by atoms with van der Waals surface area (Å²) in [5.74, 6) is -0.364. The molecule has 0 saturated carbocycles. The summed E-state index contributed by atoms with van der Waals surface area (Å²) in [6.45, 7) is 2.26. The molecule has 0 saturated heterocycles. The number of rotatable bonds is 6. The summed E-state index contributed by atoms with van der Waals surface area (Å²) >= 11 is 3.31. The third-order valence-electron chi connectivity index (χ3n) is 3.10. The summed E-state index contributed by atoms with van der Waals surface area (Å²) < 4.78 is 16.3. The molecule has 0 bridgehead atoms. The van der Waals surface area contributed by atoms with Crippen LogP contribution < -0.4 is 9.47 Å². The highest BCUT2D eigenvalue weighted by Crippen LogP contribution is 2.25. The molecule has 0 atom stereocenters. The lowest BCUT2D eigenvalue weighted by Gasteiger charge is -2.10. The van der Waals surface area contributed by atoms with Crippen molar-refractivity contribution in [1.82, 2.24) is 0 Å². The van der Waals surface area contributed by atoms with Gasteiger partial charge >= 0.3 is 11.9 Å². The molecule has 0 aliphatic rings. The van der Waals surface area contributed by atoms with Crippen LogP contribution in [0.1, 0.15) is 34.1 Å². The maximum atomic E-state index is 12.4. The van der Waals surface area contributed by atoms with Crippen molar-refractivity contribution in [3.63, 3.8) is 0 Å². The second-order valence-corrected chi connectivity index (χ2v) is 5.81. The number of hydrogen-bond donors (Lipinski definition) is 0. The van der Waals surface area contributed by atoms with Gasteiger partial charge in [0.25, 0.3) is 0 Å². The summed E-state index contributed by atoms with van der Waals surface area (Å²) in [5, 5.41) is 0. The van der Waals surface area contributed by atoms with Crippen molar-refractivity contribution in [2.75, 3.05) is 13.7 Å². The Labute approximate surface area is 148 Å². The van der Waals surface area contributed by atoms with Crippen LogP contribution in [0.5, 0.6) is 11.5 Å². The van der Waals surface area contributed by atoms with Crippen LogP contribution in [-0.2, 0) is 4.74 Å². The Morgan fingerprint density at radius 2 is 1.88 bits per heavy atom. The molecule has 0 aromatic heterocycles. The summed E-state index contributed by atoms with van der Waals surface area (Å²) in [4.78, 5) is 24.2. The van der Waals surface area contributed by atoms with Gasteiger partial charge in [-0.15, -0.1) is 0 Å². The molecule has 0 unspecified atom stereocenters. The first-order valence-corrected chi connectivity index (χ1v) is 8.17. The Balaban J connectivity index is 2.18. The average Bonchev–Trinajstić information content (AvgIpc) is 2.59. The van der Waals surface area contributed by atoms with Crippen molar-refractivity contribution in [3.8, 4) is 11.5 Å². The molecule has 0 fully saturated rings. The molecule has 2 rings (SSSR count). The fourth-order valence-corrected chi connectivity index (χ4v) is 2.33. The zero-order chi connectivity index (χ0) is 17.5. The monoisotopic (exact) mass is 392 g/mol. The van der Waals surface area contributed by atoms with Gasteiger partial charge in [0.05, 0.1) is 19.3 Å². The summed E-state index contributed by atoms with van der Waals surface area (Å²) in [6, 6.07) is 11.3. The SMILES string of the molecule is CCCOC(=O)c1cccc(OC(=O)c2cc(Br)ccc2OC)c1. The highest BCUT2D eigenvalue weighted by molar-refractivity contribution is 9.10. The highest BCUT2D eigenvalue weighted by Gasteiger charge is 2.16. The molecule has 24 heavy (non-hydrogen) atoms. The van der Waals surface area contributed by atoms with Crippen LogP contribution in [0.2, 0.25) is 0 Å². The number of benzene rings is 2. The van der Waals surface area contributed by atoms with Crippen LogP contribution in [0, 0.1) is 0 Å². The largest absolute Gasteiger partial charge is 0.496 e. The molecular formula is C18H17BrO5. The lowest BCUT2D eigenvalue weighted by molar-refractivity contribution is 0.0503. The van der Waals surface area contributed by atoms with E-state index in [0.717, 1.165) is 10.9 Å². The Morgan fingerprint density at radius 3 is 2.58 bits per heavy atom. The highest BCUT2D eigenvalue weighted by atomic mass is 79.9. The lowest BCUT2D eigenvalue weighted by Crippen LogP contribution is -2.11. The molecule has 0 aliphatic carbocycles. The second kappa shape index (κ2) is 8.49. The molecule has 0 amide bonds. The van der Waals surface area contributed by atoms with E-state index in [1.807, 2.05) is 6.92 Å². The average molecular weight is 393 g/mol. The van der Waals surface area contributed by atoms with E-state index in [1.54, 1.807) is 36.4 Å². The van der Waals surface area contributed by atoms with Gasteiger partial charge in [0, 0.05) is 4.47 Å². The molecule has 5 nitrogen and oxygen atoms in total. The van der Waals surface area contributed by atoms with Crippen LogP contribution in [-0.4, -0.2) is 25.7 Å². The first-order valence-electron chi connectivity index (χ1n) is 7.38. The van der Waals surface area contributed by atoms with Crippen molar-refractivity contribution in [2.24, 2.45) is 0 Å². The van der Waals surface area contributed by atoms with E-state index in [0.29, 0.717) is 17.9 Å². The summed E-state index contributed by atoms with van der Waals surface area (Å²) in [6.07, 6.45) is 0.739. The van der Waals surface area contributed by atoms with Crippen LogP contribution in [0.25, 0.3) is 0 Å². The van der Waals surface area contributed by atoms with Gasteiger partial charge in [0.15, 0.2) is 0 Å². The number of esters is 2. The Hall–Kier alpha value is -2.34. The molecule has 0 heterocycles. The van der Waals surface area contributed by atoms with E-state index >= 15 is 0 Å². The van der Waals surface area contributed by atoms with Crippen molar-refractivity contribution in [3.05, 3.63) is 58.1 Å². The molecule has 2 aromatic rings. The third-order valence-corrected chi connectivity index (χ3v) is 3.59. The van der Waals surface area contributed by atoms with Gasteiger partial charge in [0.1, 0.15) is 17.1 Å². The lowest BCUT2D eigenvalue weighted by atomic mass is 10.2. The summed E-state index contributed by atoms with van der Waals surface area (Å²) in [5.41, 5.74) is 0.612. The topological polar surface area (TPSA) is 61.8 Å². The van der Waals surface area contributed by atoms with Crippen LogP contribution >= 0.6 is 15.9 Å². The smallest absolute Gasteiger partial charge is 0.347 e. The minimum atomic E-state index is -0.577. The molecule has 2 aromatic carbocycles. The fraction of sp³-hybridized carbons (Fsp3) is 0.222. The third kappa shape index (κ3) is 4.58. The molecule has 0 radical (unpaired) electrons. The van der Waals surface area contributed by atoms with Crippen LogP contribution in [0.4, 0.5) is 0 Å². The molecule has 0 N–H and O–H groups in total. The van der Waals surface area contributed by atoms with Crippen LogP contribution in [0.3, 0.4) is 0 Å². The first kappa shape index (κ1) is 18.0. The molecule has 6 heteroatoms. The number of hydrogen-bond acceptors (Lipinski definition) is 5. The van der Waals surface area contributed by atoms with Gasteiger partial charge in [0.2, 0.25) is 0 Å². The Kier molecular flexibility index (Phi) is 6.37. The van der Waals surface area contributed by atoms with Gasteiger partial charge in [-0.05, 0) is 42.8 Å². The van der Waals surface area contributed by atoms with E-state index in [-0.39, 0.29) is 11.3 Å². The van der Waals surface area contributed by atoms with E-state index in [9.17, 15) is 9.59 Å². The number of carbonyl (C=O) groups is 2. The molecule has 126 valence electrons. The van der Waals surface area contributed by atoms with E-state index in [4.69, 9.17) is 14.2 Å². The minimum Gasteiger partial charge on any atom is -0.496 e. The van der Waals surface area contributed by atoms with Gasteiger partial charge < -0.3 is 14.2 Å². The second-order valence-electron chi connectivity index (χ2n) is 4.90. The number of carbonyl (C=O) groups excluding carboxylic acids is 2. The van der Waals surface area contributed by atoms with Crippen molar-refractivity contribution >= 4 is 27.9 Å². The van der Waals surface area contributed by atoms with E-state index in [2.05, 4.69) is 15.9 Å². The maximum absolute atomic E-state index is 12.4. The Bertz CT molecular complexity index is 742. The zero-order valence-corrected chi connectivity index (χ0v) is 15.0. The fourth-order valence-electron chi connectivity index (χ4n) is 1.97. The van der Waals surface area contributed by atoms with Gasteiger partial charge in [-0.1, -0.05) is 28.9 Å².